The van der Waals surface area contributed by atoms with Crippen LogP contribution in [0.3, 0.4) is 0 Å². The Balaban J connectivity index is 1.86. The van der Waals surface area contributed by atoms with Crippen molar-refractivity contribution in [2.45, 2.75) is 39.3 Å². The van der Waals surface area contributed by atoms with Crippen molar-refractivity contribution >= 4 is 23.2 Å². The van der Waals surface area contributed by atoms with E-state index in [1.54, 1.807) is 0 Å². The molecule has 0 unspecified atom stereocenters. The Hall–Kier alpha value is -1.26. The molecule has 0 bridgehead atoms. The summed E-state index contributed by atoms with van der Waals surface area (Å²) in [6.45, 7) is 9.79. The van der Waals surface area contributed by atoms with E-state index in [0.29, 0.717) is 0 Å². The van der Waals surface area contributed by atoms with Crippen LogP contribution in [0.2, 0.25) is 5.02 Å². The van der Waals surface area contributed by atoms with Crippen LogP contribution >= 0.6 is 11.6 Å². The van der Waals surface area contributed by atoms with E-state index in [1.165, 1.54) is 5.69 Å². The molecule has 1 saturated heterocycles. The maximum atomic E-state index is 12.2. The summed E-state index contributed by atoms with van der Waals surface area (Å²) in [5, 5.41) is 3.83. The Labute approximate surface area is 138 Å². The third kappa shape index (κ3) is 4.37. The number of nitrogens with one attached hydrogen (secondary N) is 1. The summed E-state index contributed by atoms with van der Waals surface area (Å²) in [5.41, 5.74) is 1.20. The van der Waals surface area contributed by atoms with E-state index >= 15 is 0 Å². The zero-order valence-electron chi connectivity index (χ0n) is 13.7. The largest absolute Gasteiger partial charge is 0.369 e. The second-order valence-electron chi connectivity index (χ2n) is 5.99. The van der Waals surface area contributed by atoms with Gasteiger partial charge in [0.1, 0.15) is 0 Å². The number of amides is 1. The quantitative estimate of drug-likeness (QED) is 0.905. The first-order chi connectivity index (χ1) is 10.5. The lowest BCUT2D eigenvalue weighted by atomic mass is 10.1. The lowest BCUT2D eigenvalue weighted by Gasteiger charge is -2.38. The molecule has 1 aromatic rings. The molecule has 0 spiro atoms. The van der Waals surface area contributed by atoms with Crippen LogP contribution in [0.4, 0.5) is 5.69 Å². The fraction of sp³-hybridized carbons (Fsp3) is 0.588. The SMILES string of the molecule is CC[C@H](C)NC(=O)[C@H](C)N1CCN(c2ccc(Cl)cc2)CC1. The third-order valence-corrected chi connectivity index (χ3v) is 4.69. The van der Waals surface area contributed by atoms with Gasteiger partial charge < -0.3 is 10.2 Å². The molecule has 5 heteroatoms. The Morgan fingerprint density at radius 2 is 1.77 bits per heavy atom. The van der Waals surface area contributed by atoms with Crippen LogP contribution in [-0.2, 0) is 4.79 Å². The van der Waals surface area contributed by atoms with Crippen molar-refractivity contribution in [1.82, 2.24) is 10.2 Å². The van der Waals surface area contributed by atoms with Crippen LogP contribution in [-0.4, -0.2) is 49.1 Å². The number of benzene rings is 1. The summed E-state index contributed by atoms with van der Waals surface area (Å²) in [5.74, 6) is 0.134. The Morgan fingerprint density at radius 3 is 2.32 bits per heavy atom. The highest BCUT2D eigenvalue weighted by Gasteiger charge is 2.26. The minimum absolute atomic E-state index is 0.0682. The monoisotopic (exact) mass is 323 g/mol. The molecule has 2 atom stereocenters. The molecule has 22 heavy (non-hydrogen) atoms. The highest BCUT2D eigenvalue weighted by atomic mass is 35.5. The lowest BCUT2D eigenvalue weighted by molar-refractivity contribution is -0.126. The van der Waals surface area contributed by atoms with Crippen LogP contribution in [0.25, 0.3) is 0 Å². The number of carbonyl (C=O) groups is 1. The number of carbonyl (C=O) groups excluding carboxylic acids is 1. The maximum Gasteiger partial charge on any atom is 0.237 e. The minimum atomic E-state index is -0.0682. The van der Waals surface area contributed by atoms with Crippen molar-refractivity contribution in [2.75, 3.05) is 31.1 Å². The molecule has 0 radical (unpaired) electrons. The zero-order chi connectivity index (χ0) is 16.1. The summed E-state index contributed by atoms with van der Waals surface area (Å²) in [7, 11) is 0. The Bertz CT molecular complexity index is 483. The van der Waals surface area contributed by atoms with Crippen LogP contribution in [0.5, 0.6) is 0 Å². The van der Waals surface area contributed by atoms with Crippen molar-refractivity contribution < 1.29 is 4.79 Å². The predicted molar refractivity (Wildman–Crippen MR) is 92.6 cm³/mol. The smallest absolute Gasteiger partial charge is 0.237 e. The first-order valence-electron chi connectivity index (χ1n) is 8.06. The Kier molecular flexibility index (Phi) is 6.09. The van der Waals surface area contributed by atoms with E-state index in [4.69, 9.17) is 11.6 Å². The minimum Gasteiger partial charge on any atom is -0.369 e. The molecule has 1 amide bonds. The summed E-state index contributed by atoms with van der Waals surface area (Å²) in [6.07, 6.45) is 0.961. The van der Waals surface area contributed by atoms with E-state index in [2.05, 4.69) is 34.2 Å². The van der Waals surface area contributed by atoms with Gasteiger partial charge in [-0.25, -0.2) is 0 Å². The van der Waals surface area contributed by atoms with E-state index in [0.717, 1.165) is 37.6 Å². The second kappa shape index (κ2) is 7.84. The average Bonchev–Trinajstić information content (AvgIpc) is 2.55. The fourth-order valence-electron chi connectivity index (χ4n) is 2.65. The maximum absolute atomic E-state index is 12.2. The van der Waals surface area contributed by atoms with Crippen LogP contribution in [0.1, 0.15) is 27.2 Å². The van der Waals surface area contributed by atoms with Gasteiger partial charge in [-0.05, 0) is 44.5 Å². The molecular formula is C17H26ClN3O. The van der Waals surface area contributed by atoms with E-state index in [-0.39, 0.29) is 18.0 Å². The summed E-state index contributed by atoms with van der Waals surface area (Å²) in [6, 6.07) is 8.12. The molecule has 1 fully saturated rings. The van der Waals surface area contributed by atoms with Gasteiger partial charge in [-0.2, -0.15) is 0 Å². The number of rotatable bonds is 5. The third-order valence-electron chi connectivity index (χ3n) is 4.43. The number of hydrogen-bond donors (Lipinski definition) is 1. The summed E-state index contributed by atoms with van der Waals surface area (Å²) < 4.78 is 0. The van der Waals surface area contributed by atoms with Gasteiger partial charge in [0.05, 0.1) is 6.04 Å². The van der Waals surface area contributed by atoms with Crippen LogP contribution in [0, 0.1) is 0 Å². The summed E-state index contributed by atoms with van der Waals surface area (Å²) >= 11 is 5.93. The molecule has 2 rings (SSSR count). The molecule has 0 aromatic heterocycles. The molecule has 122 valence electrons. The van der Waals surface area contributed by atoms with Crippen LogP contribution in [0.15, 0.2) is 24.3 Å². The molecule has 4 nitrogen and oxygen atoms in total. The van der Waals surface area contributed by atoms with Gasteiger partial charge >= 0.3 is 0 Å². The second-order valence-corrected chi connectivity index (χ2v) is 6.43. The van der Waals surface area contributed by atoms with E-state index in [1.807, 2.05) is 26.0 Å². The van der Waals surface area contributed by atoms with Crippen LogP contribution < -0.4 is 10.2 Å². The van der Waals surface area contributed by atoms with Gasteiger partial charge in [0.25, 0.3) is 0 Å². The number of anilines is 1. The normalized spacial score (nSPS) is 18.8. The Morgan fingerprint density at radius 1 is 1.18 bits per heavy atom. The molecule has 1 aliphatic rings. The van der Waals surface area contributed by atoms with Crippen molar-refractivity contribution in [3.8, 4) is 0 Å². The number of halogens is 1. The van der Waals surface area contributed by atoms with E-state index < -0.39 is 0 Å². The van der Waals surface area contributed by atoms with Gasteiger partial charge in [0.2, 0.25) is 5.91 Å². The number of hydrogen-bond acceptors (Lipinski definition) is 3. The average molecular weight is 324 g/mol. The predicted octanol–water partition coefficient (Wildman–Crippen LogP) is 2.77. The van der Waals surface area contributed by atoms with Crippen molar-refractivity contribution in [3.05, 3.63) is 29.3 Å². The van der Waals surface area contributed by atoms with Gasteiger partial charge in [-0.3, -0.25) is 9.69 Å². The molecule has 1 heterocycles. The van der Waals surface area contributed by atoms with Crippen molar-refractivity contribution in [1.29, 1.82) is 0 Å². The standard InChI is InChI=1S/C17H26ClN3O/c1-4-13(2)19-17(22)14(3)20-9-11-21(12-10-20)16-7-5-15(18)6-8-16/h5-8,13-14H,4,9-12H2,1-3H3,(H,19,22)/t13-,14-/m0/s1. The number of piperazine rings is 1. The van der Waals surface area contributed by atoms with Gasteiger partial charge in [0, 0.05) is 42.9 Å². The fourth-order valence-corrected chi connectivity index (χ4v) is 2.78. The molecule has 0 saturated carbocycles. The topological polar surface area (TPSA) is 35.6 Å². The zero-order valence-corrected chi connectivity index (χ0v) is 14.4. The first kappa shape index (κ1) is 17.1. The highest BCUT2D eigenvalue weighted by Crippen LogP contribution is 2.20. The first-order valence-corrected chi connectivity index (χ1v) is 8.44. The molecule has 1 aromatic carbocycles. The molecule has 0 aliphatic carbocycles. The van der Waals surface area contributed by atoms with Crippen molar-refractivity contribution in [2.24, 2.45) is 0 Å². The van der Waals surface area contributed by atoms with Gasteiger partial charge in [-0.15, -0.1) is 0 Å². The number of nitrogens with zero attached hydrogens (tertiary/aromatic N) is 2. The summed E-state index contributed by atoms with van der Waals surface area (Å²) in [4.78, 5) is 16.8. The van der Waals surface area contributed by atoms with Gasteiger partial charge in [-0.1, -0.05) is 18.5 Å². The van der Waals surface area contributed by atoms with E-state index in [9.17, 15) is 4.79 Å². The molecule has 1 aliphatic heterocycles. The molecular weight excluding hydrogens is 298 g/mol. The highest BCUT2D eigenvalue weighted by molar-refractivity contribution is 6.30. The van der Waals surface area contributed by atoms with Crippen molar-refractivity contribution in [3.63, 3.8) is 0 Å². The van der Waals surface area contributed by atoms with Gasteiger partial charge in [0.15, 0.2) is 0 Å². The lowest BCUT2D eigenvalue weighted by Crippen LogP contribution is -2.54. The molecule has 1 N–H and O–H groups in total.